The van der Waals surface area contributed by atoms with E-state index in [-0.39, 0.29) is 7.69 Å². The largest absolute Gasteiger partial charge is 0.538 e. The molecule has 1 N–H and O–H groups in total. The molecule has 0 saturated carbocycles. The second-order valence-electron chi connectivity index (χ2n) is 5.39. The van der Waals surface area contributed by atoms with Crippen molar-refractivity contribution in [3.8, 4) is 11.5 Å². The number of ether oxygens (including phenoxy) is 1. The Morgan fingerprint density at radius 1 is 1.20 bits per heavy atom. The maximum atomic E-state index is 8.87. The van der Waals surface area contributed by atoms with Crippen molar-refractivity contribution in [2.75, 3.05) is 6.61 Å². The Morgan fingerprint density at radius 3 is 2.35 bits per heavy atom. The molecule has 4 heteroatoms. The summed E-state index contributed by atoms with van der Waals surface area (Å²) in [6.45, 7) is 9.16. The highest BCUT2D eigenvalue weighted by Gasteiger charge is 2.10. The average molecular weight is 278 g/mol. The first kappa shape index (κ1) is 16.9. The van der Waals surface area contributed by atoms with Gasteiger partial charge in [0.1, 0.15) is 11.5 Å². The lowest BCUT2D eigenvalue weighted by Crippen LogP contribution is -2.11. The Balaban J connectivity index is 2.64. The number of aryl methyl sites for hydroxylation is 2. The van der Waals surface area contributed by atoms with Gasteiger partial charge < -0.3 is 14.4 Å². The van der Waals surface area contributed by atoms with E-state index in [9.17, 15) is 0 Å². The van der Waals surface area contributed by atoms with Gasteiger partial charge in [0.05, 0.1) is 6.61 Å². The first-order valence-electron chi connectivity index (χ1n) is 7.60. The normalized spacial score (nSPS) is 12.1. The summed E-state index contributed by atoms with van der Waals surface area (Å²) in [6.07, 6.45) is 4.89. The average Bonchev–Trinajstić information content (AvgIpc) is 2.43. The topological polar surface area (TPSA) is 38.7 Å². The van der Waals surface area contributed by atoms with Crippen LogP contribution < -0.4 is 9.39 Å². The van der Waals surface area contributed by atoms with Crippen LogP contribution in [0.4, 0.5) is 0 Å². The molecule has 1 unspecified atom stereocenters. The van der Waals surface area contributed by atoms with Crippen LogP contribution in [0.25, 0.3) is 0 Å². The lowest BCUT2D eigenvalue weighted by molar-refractivity contribution is 0.233. The zero-order valence-electron chi connectivity index (χ0n) is 13.2. The molecule has 1 rings (SSSR count). The predicted molar refractivity (Wildman–Crippen MR) is 84.7 cm³/mol. The van der Waals surface area contributed by atoms with Crippen molar-refractivity contribution in [1.29, 1.82) is 0 Å². The van der Waals surface area contributed by atoms with E-state index in [1.165, 1.54) is 19.3 Å². The van der Waals surface area contributed by atoms with E-state index in [4.69, 9.17) is 14.4 Å². The maximum Gasteiger partial charge on any atom is 0.504 e. The third-order valence-corrected chi connectivity index (χ3v) is 3.67. The van der Waals surface area contributed by atoms with Crippen LogP contribution in [0.3, 0.4) is 0 Å². The summed E-state index contributed by atoms with van der Waals surface area (Å²) in [5, 5.41) is 8.87. The standard InChI is InChI=1S/C16H27BO3/c1-5-7-8-14(6-2)11-19-15-9-12(3)16(20-17-18)13(4)10-15/h9-10,14,17-18H,5-8,11H2,1-4H3. The van der Waals surface area contributed by atoms with Crippen LogP contribution in [-0.4, -0.2) is 19.3 Å². The Labute approximate surface area is 123 Å². The van der Waals surface area contributed by atoms with Crippen molar-refractivity contribution in [1.82, 2.24) is 0 Å². The summed E-state index contributed by atoms with van der Waals surface area (Å²) in [4.78, 5) is 0. The van der Waals surface area contributed by atoms with Crippen LogP contribution in [0.5, 0.6) is 11.5 Å². The molecule has 1 atom stereocenters. The van der Waals surface area contributed by atoms with Crippen molar-refractivity contribution in [3.05, 3.63) is 23.3 Å². The van der Waals surface area contributed by atoms with Gasteiger partial charge in [0.15, 0.2) is 0 Å². The van der Waals surface area contributed by atoms with Gasteiger partial charge in [-0.3, -0.25) is 0 Å². The molecule has 1 aromatic rings. The molecule has 0 radical (unpaired) electrons. The molecule has 0 spiro atoms. The van der Waals surface area contributed by atoms with Crippen molar-refractivity contribution < 1.29 is 14.4 Å². The molecule has 1 aromatic carbocycles. The number of rotatable bonds is 9. The van der Waals surface area contributed by atoms with Gasteiger partial charge in [-0.15, -0.1) is 0 Å². The van der Waals surface area contributed by atoms with Gasteiger partial charge in [0.25, 0.3) is 0 Å². The molecule has 0 aliphatic heterocycles. The molecule has 20 heavy (non-hydrogen) atoms. The first-order valence-corrected chi connectivity index (χ1v) is 7.60. The van der Waals surface area contributed by atoms with Gasteiger partial charge in [0.2, 0.25) is 0 Å². The summed E-state index contributed by atoms with van der Waals surface area (Å²) >= 11 is 0. The van der Waals surface area contributed by atoms with Crippen molar-refractivity contribution in [2.45, 2.75) is 53.4 Å². The molecule has 0 saturated heterocycles. The number of hydrogen-bond acceptors (Lipinski definition) is 3. The minimum absolute atomic E-state index is 0.295. The highest BCUT2D eigenvalue weighted by atomic mass is 16.5. The molecule has 0 fully saturated rings. The van der Waals surface area contributed by atoms with Crippen molar-refractivity contribution in [2.24, 2.45) is 5.92 Å². The smallest absolute Gasteiger partial charge is 0.504 e. The second-order valence-corrected chi connectivity index (χ2v) is 5.39. The predicted octanol–water partition coefficient (Wildman–Crippen LogP) is 3.54. The Bertz CT molecular complexity index is 384. The Hall–Kier alpha value is -1.16. The van der Waals surface area contributed by atoms with Gasteiger partial charge >= 0.3 is 7.69 Å². The fourth-order valence-corrected chi connectivity index (χ4v) is 2.40. The molecule has 3 nitrogen and oxygen atoms in total. The fourth-order valence-electron chi connectivity index (χ4n) is 2.40. The number of hydrogen-bond donors (Lipinski definition) is 1. The molecule has 0 aromatic heterocycles. The Kier molecular flexibility index (Phi) is 7.52. The molecular formula is C16H27BO3. The monoisotopic (exact) mass is 278 g/mol. The van der Waals surface area contributed by atoms with Crippen LogP contribution >= 0.6 is 0 Å². The van der Waals surface area contributed by atoms with Crippen LogP contribution in [0.2, 0.25) is 0 Å². The zero-order valence-corrected chi connectivity index (χ0v) is 13.2. The summed E-state index contributed by atoms with van der Waals surface area (Å²) in [6, 6.07) is 3.95. The zero-order chi connectivity index (χ0) is 15.0. The molecule has 112 valence electrons. The summed E-state index contributed by atoms with van der Waals surface area (Å²) in [5.74, 6) is 2.27. The third-order valence-electron chi connectivity index (χ3n) is 3.67. The van der Waals surface area contributed by atoms with Gasteiger partial charge in [-0.25, -0.2) is 0 Å². The van der Waals surface area contributed by atoms with Crippen LogP contribution in [0.15, 0.2) is 12.1 Å². The number of benzene rings is 1. The van der Waals surface area contributed by atoms with Crippen LogP contribution in [0.1, 0.15) is 50.7 Å². The molecule has 0 heterocycles. The van der Waals surface area contributed by atoms with E-state index in [0.29, 0.717) is 5.92 Å². The summed E-state index contributed by atoms with van der Waals surface area (Å²) < 4.78 is 11.2. The van der Waals surface area contributed by atoms with Crippen LogP contribution in [-0.2, 0) is 0 Å². The van der Waals surface area contributed by atoms with Gasteiger partial charge in [0, 0.05) is 0 Å². The molecular weight excluding hydrogens is 251 g/mol. The van der Waals surface area contributed by atoms with E-state index in [1.807, 2.05) is 26.0 Å². The second kappa shape index (κ2) is 8.91. The van der Waals surface area contributed by atoms with Crippen LogP contribution in [0, 0.1) is 19.8 Å². The summed E-state index contributed by atoms with van der Waals surface area (Å²) in [7, 11) is -0.295. The van der Waals surface area contributed by atoms with Gasteiger partial charge in [-0.05, 0) is 49.4 Å². The lowest BCUT2D eigenvalue weighted by Gasteiger charge is -2.17. The van der Waals surface area contributed by atoms with E-state index in [0.717, 1.165) is 35.7 Å². The quantitative estimate of drug-likeness (QED) is 0.702. The molecule has 0 amide bonds. The van der Waals surface area contributed by atoms with Crippen molar-refractivity contribution in [3.63, 3.8) is 0 Å². The minimum atomic E-state index is -0.295. The van der Waals surface area contributed by atoms with Gasteiger partial charge in [-0.1, -0.05) is 33.1 Å². The summed E-state index contributed by atoms with van der Waals surface area (Å²) in [5.41, 5.74) is 1.99. The van der Waals surface area contributed by atoms with E-state index in [2.05, 4.69) is 13.8 Å². The third kappa shape index (κ3) is 5.08. The molecule has 0 bridgehead atoms. The number of unbranched alkanes of at least 4 members (excludes halogenated alkanes) is 1. The van der Waals surface area contributed by atoms with E-state index in [1.54, 1.807) is 0 Å². The fraction of sp³-hybridized carbons (Fsp3) is 0.625. The molecule has 0 aliphatic rings. The highest BCUT2D eigenvalue weighted by Crippen LogP contribution is 2.28. The van der Waals surface area contributed by atoms with E-state index >= 15 is 0 Å². The van der Waals surface area contributed by atoms with Gasteiger partial charge in [-0.2, -0.15) is 0 Å². The molecule has 0 aliphatic carbocycles. The Morgan fingerprint density at radius 2 is 1.85 bits per heavy atom. The van der Waals surface area contributed by atoms with Crippen molar-refractivity contribution >= 4 is 7.69 Å². The minimum Gasteiger partial charge on any atom is -0.538 e. The first-order chi connectivity index (χ1) is 9.62. The van der Waals surface area contributed by atoms with E-state index < -0.39 is 0 Å². The SMILES string of the molecule is CCCCC(CC)COc1cc(C)c(OBO)c(C)c1. The highest BCUT2D eigenvalue weighted by molar-refractivity contribution is 6.17. The maximum absolute atomic E-state index is 8.87. The lowest BCUT2D eigenvalue weighted by atomic mass is 10.0.